The molecule has 1 amide bonds. The molecular formula is C17H17N5O2. The van der Waals surface area contributed by atoms with E-state index >= 15 is 0 Å². The molecule has 0 atom stereocenters. The van der Waals surface area contributed by atoms with Crippen LogP contribution in [0, 0.1) is 34.0 Å². The number of methoxy groups -OCH3 is 1. The summed E-state index contributed by atoms with van der Waals surface area (Å²) in [5.41, 5.74) is 0.410. The number of amides is 1. The van der Waals surface area contributed by atoms with Crippen molar-refractivity contribution in [2.45, 2.75) is 26.2 Å². The van der Waals surface area contributed by atoms with Gasteiger partial charge < -0.3 is 15.4 Å². The van der Waals surface area contributed by atoms with Crippen molar-refractivity contribution in [3.63, 3.8) is 0 Å². The zero-order valence-electron chi connectivity index (χ0n) is 13.5. The molecule has 0 saturated heterocycles. The smallest absolute Gasteiger partial charge is 0.224 e. The minimum Gasteiger partial charge on any atom is -0.495 e. The SMILES string of the molecule is CCCCC(=O)Nc1cc(NC(C#N)=C(C#N)C#N)ccc1OC. The predicted molar refractivity (Wildman–Crippen MR) is 88.6 cm³/mol. The first kappa shape index (κ1) is 18.5. The molecule has 0 fully saturated rings. The third-order valence-electron chi connectivity index (χ3n) is 3.09. The molecule has 0 unspecified atom stereocenters. The van der Waals surface area contributed by atoms with Crippen LogP contribution < -0.4 is 15.4 Å². The molecule has 0 heterocycles. The van der Waals surface area contributed by atoms with Crippen molar-refractivity contribution >= 4 is 17.3 Å². The van der Waals surface area contributed by atoms with E-state index in [4.69, 9.17) is 20.5 Å². The van der Waals surface area contributed by atoms with Gasteiger partial charge in [-0.15, -0.1) is 0 Å². The molecular weight excluding hydrogens is 306 g/mol. The summed E-state index contributed by atoms with van der Waals surface area (Å²) in [6.07, 6.45) is 2.09. The largest absolute Gasteiger partial charge is 0.495 e. The van der Waals surface area contributed by atoms with Gasteiger partial charge in [-0.2, -0.15) is 15.8 Å². The molecule has 0 saturated carbocycles. The first-order chi connectivity index (χ1) is 11.6. The minimum absolute atomic E-state index is 0.141. The van der Waals surface area contributed by atoms with E-state index in [1.807, 2.05) is 6.92 Å². The third-order valence-corrected chi connectivity index (χ3v) is 3.09. The zero-order chi connectivity index (χ0) is 17.9. The maximum atomic E-state index is 11.9. The molecule has 0 aromatic heterocycles. The highest BCUT2D eigenvalue weighted by Crippen LogP contribution is 2.29. The fourth-order valence-electron chi connectivity index (χ4n) is 1.86. The lowest BCUT2D eigenvalue weighted by Gasteiger charge is -2.13. The van der Waals surface area contributed by atoms with Crippen molar-refractivity contribution < 1.29 is 9.53 Å². The second-order valence-electron chi connectivity index (χ2n) is 4.78. The summed E-state index contributed by atoms with van der Waals surface area (Å²) in [7, 11) is 1.48. The van der Waals surface area contributed by atoms with Crippen LogP contribution in [0.1, 0.15) is 26.2 Å². The quantitative estimate of drug-likeness (QED) is 0.744. The summed E-state index contributed by atoms with van der Waals surface area (Å²) in [6.45, 7) is 2.00. The summed E-state index contributed by atoms with van der Waals surface area (Å²) in [4.78, 5) is 11.9. The fourth-order valence-corrected chi connectivity index (χ4v) is 1.86. The van der Waals surface area contributed by atoms with Gasteiger partial charge in [0.25, 0.3) is 0 Å². The second kappa shape index (κ2) is 9.50. The topological polar surface area (TPSA) is 122 Å². The van der Waals surface area contributed by atoms with Crippen molar-refractivity contribution in [3.8, 4) is 24.0 Å². The van der Waals surface area contributed by atoms with E-state index in [-0.39, 0.29) is 17.2 Å². The van der Waals surface area contributed by atoms with Crippen molar-refractivity contribution in [2.24, 2.45) is 0 Å². The van der Waals surface area contributed by atoms with Crippen molar-refractivity contribution in [2.75, 3.05) is 17.7 Å². The molecule has 0 aliphatic rings. The highest BCUT2D eigenvalue weighted by Gasteiger charge is 2.11. The number of unbranched alkanes of at least 4 members (excludes halogenated alkanes) is 1. The van der Waals surface area contributed by atoms with Gasteiger partial charge >= 0.3 is 0 Å². The fraction of sp³-hybridized carbons (Fsp3) is 0.294. The molecule has 0 aliphatic heterocycles. The number of carbonyl (C=O) groups excluding carboxylic acids is 1. The van der Waals surface area contributed by atoms with Gasteiger partial charge in [-0.05, 0) is 24.6 Å². The lowest BCUT2D eigenvalue weighted by Crippen LogP contribution is -2.12. The van der Waals surface area contributed by atoms with Gasteiger partial charge in [0.2, 0.25) is 5.91 Å². The van der Waals surface area contributed by atoms with Gasteiger partial charge in [0.15, 0.2) is 5.57 Å². The van der Waals surface area contributed by atoms with E-state index in [2.05, 4.69) is 10.6 Å². The number of allylic oxidation sites excluding steroid dienone is 2. The van der Waals surface area contributed by atoms with Crippen molar-refractivity contribution in [1.29, 1.82) is 15.8 Å². The minimum atomic E-state index is -0.318. The summed E-state index contributed by atoms with van der Waals surface area (Å²) in [6, 6.07) is 9.89. The Kier molecular flexibility index (Phi) is 7.34. The number of anilines is 2. The molecule has 1 aromatic rings. The molecule has 2 N–H and O–H groups in total. The molecule has 0 aliphatic carbocycles. The molecule has 1 rings (SSSR count). The van der Waals surface area contributed by atoms with E-state index in [1.165, 1.54) is 7.11 Å². The van der Waals surface area contributed by atoms with Gasteiger partial charge in [-0.1, -0.05) is 13.3 Å². The monoisotopic (exact) mass is 323 g/mol. The van der Waals surface area contributed by atoms with Gasteiger partial charge in [-0.25, -0.2) is 0 Å². The number of ether oxygens (including phenoxy) is 1. The van der Waals surface area contributed by atoms with E-state index in [0.29, 0.717) is 23.5 Å². The highest BCUT2D eigenvalue weighted by molar-refractivity contribution is 5.93. The van der Waals surface area contributed by atoms with Gasteiger partial charge in [0.05, 0.1) is 12.8 Å². The van der Waals surface area contributed by atoms with Crippen LogP contribution in [0.4, 0.5) is 11.4 Å². The standard InChI is InChI=1S/C17H17N5O2/c1-3-4-5-17(23)22-14-8-13(6-7-16(14)24-2)21-15(11-20)12(9-18)10-19/h6-8,21H,3-5H2,1-2H3,(H,22,23). The number of nitriles is 3. The van der Waals surface area contributed by atoms with Crippen LogP contribution in [0.5, 0.6) is 5.75 Å². The molecule has 24 heavy (non-hydrogen) atoms. The van der Waals surface area contributed by atoms with Crippen LogP contribution in [-0.2, 0) is 4.79 Å². The summed E-state index contributed by atoms with van der Waals surface area (Å²) < 4.78 is 5.20. The van der Waals surface area contributed by atoms with Gasteiger partial charge in [-0.3, -0.25) is 4.79 Å². The Balaban J connectivity index is 3.08. The van der Waals surface area contributed by atoms with Gasteiger partial charge in [0, 0.05) is 12.1 Å². The van der Waals surface area contributed by atoms with Crippen molar-refractivity contribution in [3.05, 3.63) is 29.5 Å². The van der Waals surface area contributed by atoms with Crippen LogP contribution in [0.25, 0.3) is 0 Å². The van der Waals surface area contributed by atoms with Crippen LogP contribution in [0.15, 0.2) is 29.5 Å². The number of hydrogen-bond acceptors (Lipinski definition) is 6. The Morgan fingerprint density at radius 1 is 1.17 bits per heavy atom. The normalized spacial score (nSPS) is 8.96. The second-order valence-corrected chi connectivity index (χ2v) is 4.78. The van der Waals surface area contributed by atoms with Gasteiger partial charge in [0.1, 0.15) is 29.7 Å². The van der Waals surface area contributed by atoms with Crippen LogP contribution in [0.3, 0.4) is 0 Å². The average Bonchev–Trinajstić information content (AvgIpc) is 2.60. The Labute approximate surface area is 140 Å². The summed E-state index contributed by atoms with van der Waals surface area (Å²) in [5, 5.41) is 32.2. The average molecular weight is 323 g/mol. The molecule has 0 spiro atoms. The Hall–Kier alpha value is -3.50. The van der Waals surface area contributed by atoms with Crippen molar-refractivity contribution in [1.82, 2.24) is 0 Å². The molecule has 7 nitrogen and oxygen atoms in total. The first-order valence-electron chi connectivity index (χ1n) is 7.29. The molecule has 122 valence electrons. The number of benzene rings is 1. The van der Waals surface area contributed by atoms with Crippen LogP contribution in [-0.4, -0.2) is 13.0 Å². The number of hydrogen-bond donors (Lipinski definition) is 2. The zero-order valence-corrected chi connectivity index (χ0v) is 13.5. The number of rotatable bonds is 7. The van der Waals surface area contributed by atoms with E-state index < -0.39 is 0 Å². The first-order valence-corrected chi connectivity index (χ1v) is 7.29. The summed E-state index contributed by atoms with van der Waals surface area (Å²) in [5.74, 6) is 0.326. The van der Waals surface area contributed by atoms with E-state index in [9.17, 15) is 4.79 Å². The predicted octanol–water partition coefficient (Wildman–Crippen LogP) is 3.06. The lowest BCUT2D eigenvalue weighted by atomic mass is 10.2. The number of nitrogens with one attached hydrogen (secondary N) is 2. The maximum absolute atomic E-state index is 11.9. The van der Waals surface area contributed by atoms with Crippen LogP contribution >= 0.6 is 0 Å². The molecule has 7 heteroatoms. The number of carbonyl (C=O) groups is 1. The molecule has 0 radical (unpaired) electrons. The number of nitrogens with zero attached hydrogens (tertiary/aromatic N) is 3. The third kappa shape index (κ3) is 5.05. The molecule has 0 bridgehead atoms. The van der Waals surface area contributed by atoms with E-state index in [0.717, 1.165) is 12.8 Å². The highest BCUT2D eigenvalue weighted by atomic mass is 16.5. The molecule has 1 aromatic carbocycles. The van der Waals surface area contributed by atoms with Crippen LogP contribution in [0.2, 0.25) is 0 Å². The Bertz CT molecular complexity index is 747. The summed E-state index contributed by atoms with van der Waals surface area (Å²) >= 11 is 0. The Morgan fingerprint density at radius 3 is 2.42 bits per heavy atom. The van der Waals surface area contributed by atoms with E-state index in [1.54, 1.807) is 36.4 Å². The lowest BCUT2D eigenvalue weighted by molar-refractivity contribution is -0.116. The Morgan fingerprint density at radius 2 is 1.88 bits per heavy atom. The maximum Gasteiger partial charge on any atom is 0.224 e.